The number of fused-ring (bicyclic) bond motifs is 1. The molecule has 0 aliphatic rings. The van der Waals surface area contributed by atoms with E-state index in [1.54, 1.807) is 18.4 Å². The van der Waals surface area contributed by atoms with Gasteiger partial charge in [0.15, 0.2) is 0 Å². The van der Waals surface area contributed by atoms with E-state index >= 15 is 0 Å². The lowest BCUT2D eigenvalue weighted by atomic mass is 10.1. The minimum Gasteiger partial charge on any atom is -0.469 e. The molecule has 0 aliphatic carbocycles. The number of amides is 1. The summed E-state index contributed by atoms with van der Waals surface area (Å²) in [5.74, 6) is 0.675. The molecule has 1 amide bonds. The highest BCUT2D eigenvalue weighted by Gasteiger charge is 2.06. The molecule has 0 unspecified atom stereocenters. The molecular formula is C16H16N2O2. The maximum absolute atomic E-state index is 11.7. The van der Waals surface area contributed by atoms with Gasteiger partial charge in [0, 0.05) is 23.6 Å². The topological polar surface area (TPSA) is 58.0 Å². The Labute approximate surface area is 116 Å². The van der Waals surface area contributed by atoms with Gasteiger partial charge in [-0.2, -0.15) is 0 Å². The minimum atomic E-state index is -0.0141. The van der Waals surface area contributed by atoms with E-state index in [-0.39, 0.29) is 5.91 Å². The van der Waals surface area contributed by atoms with Gasteiger partial charge in [0.2, 0.25) is 5.91 Å². The molecule has 0 saturated heterocycles. The van der Waals surface area contributed by atoms with Gasteiger partial charge in [-0.3, -0.25) is 4.79 Å². The van der Waals surface area contributed by atoms with Crippen molar-refractivity contribution in [2.75, 3.05) is 6.54 Å². The Bertz CT molecular complexity index is 698. The van der Waals surface area contributed by atoms with Gasteiger partial charge in [0.25, 0.3) is 0 Å². The number of carbonyl (C=O) groups excluding carboxylic acids is 1. The summed E-state index contributed by atoms with van der Waals surface area (Å²) < 4.78 is 5.15. The van der Waals surface area contributed by atoms with E-state index in [2.05, 4.69) is 16.4 Å². The molecule has 0 atom stereocenters. The summed E-state index contributed by atoms with van der Waals surface area (Å²) in [5, 5.41) is 4.13. The summed E-state index contributed by atoms with van der Waals surface area (Å²) in [5.41, 5.74) is 2.35. The van der Waals surface area contributed by atoms with Crippen LogP contribution in [0.2, 0.25) is 0 Å². The maximum atomic E-state index is 11.7. The number of hydrogen-bond acceptors (Lipinski definition) is 2. The molecule has 2 heterocycles. The molecule has 2 N–H and O–H groups in total. The zero-order chi connectivity index (χ0) is 13.8. The van der Waals surface area contributed by atoms with Crippen molar-refractivity contribution in [3.8, 4) is 0 Å². The number of rotatable bonds is 5. The van der Waals surface area contributed by atoms with Crippen molar-refractivity contribution < 1.29 is 9.21 Å². The van der Waals surface area contributed by atoms with Crippen LogP contribution < -0.4 is 5.32 Å². The van der Waals surface area contributed by atoms with Crippen LogP contribution in [0.4, 0.5) is 0 Å². The Morgan fingerprint density at radius 1 is 1.20 bits per heavy atom. The zero-order valence-corrected chi connectivity index (χ0v) is 11.1. The van der Waals surface area contributed by atoms with Crippen LogP contribution in [0.25, 0.3) is 10.9 Å². The fourth-order valence-electron chi connectivity index (χ4n) is 2.31. The second kappa shape index (κ2) is 5.65. The first-order valence-corrected chi connectivity index (χ1v) is 6.67. The predicted octanol–water partition coefficient (Wildman–Crippen LogP) is 2.66. The molecule has 0 aliphatic heterocycles. The van der Waals surface area contributed by atoms with E-state index in [9.17, 15) is 4.79 Å². The first-order valence-electron chi connectivity index (χ1n) is 6.67. The average Bonchev–Trinajstić information content (AvgIpc) is 3.09. The lowest BCUT2D eigenvalue weighted by molar-refractivity contribution is -0.120. The van der Waals surface area contributed by atoms with Crippen molar-refractivity contribution >= 4 is 16.8 Å². The quantitative estimate of drug-likeness (QED) is 0.747. The molecule has 102 valence electrons. The smallest absolute Gasteiger partial charge is 0.227 e. The highest BCUT2D eigenvalue weighted by Crippen LogP contribution is 2.17. The van der Waals surface area contributed by atoms with Gasteiger partial charge in [-0.25, -0.2) is 0 Å². The number of carbonyl (C=O) groups is 1. The Morgan fingerprint density at radius 3 is 2.95 bits per heavy atom. The van der Waals surface area contributed by atoms with Gasteiger partial charge in [0.05, 0.1) is 12.7 Å². The first kappa shape index (κ1) is 12.5. The summed E-state index contributed by atoms with van der Waals surface area (Å²) in [6, 6.07) is 11.8. The number of benzene rings is 1. The highest BCUT2D eigenvalue weighted by atomic mass is 16.3. The van der Waals surface area contributed by atoms with Crippen LogP contribution in [-0.2, 0) is 17.6 Å². The molecule has 0 saturated carbocycles. The number of aromatic amines is 1. The summed E-state index contributed by atoms with van der Waals surface area (Å²) >= 11 is 0. The van der Waals surface area contributed by atoms with E-state index in [4.69, 9.17) is 4.42 Å². The van der Waals surface area contributed by atoms with Crippen LogP contribution in [0.5, 0.6) is 0 Å². The van der Waals surface area contributed by atoms with Gasteiger partial charge < -0.3 is 14.7 Å². The number of hydrogen-bond donors (Lipinski definition) is 2. The summed E-state index contributed by atoms with van der Waals surface area (Å²) in [6.07, 6.45) is 4.69. The number of aromatic nitrogens is 1. The third kappa shape index (κ3) is 2.74. The van der Waals surface area contributed by atoms with Crippen LogP contribution in [0.15, 0.2) is 53.3 Å². The zero-order valence-electron chi connectivity index (χ0n) is 11.1. The Kier molecular flexibility index (Phi) is 3.54. The van der Waals surface area contributed by atoms with Crippen molar-refractivity contribution in [2.24, 2.45) is 0 Å². The molecule has 3 rings (SSSR count). The van der Waals surface area contributed by atoms with Crippen LogP contribution >= 0.6 is 0 Å². The second-order valence-corrected chi connectivity index (χ2v) is 4.72. The number of furan rings is 1. The highest BCUT2D eigenvalue weighted by molar-refractivity contribution is 5.83. The molecule has 20 heavy (non-hydrogen) atoms. The molecule has 4 heteroatoms. The molecule has 0 spiro atoms. The molecular weight excluding hydrogens is 252 g/mol. The molecule has 0 bridgehead atoms. The van der Waals surface area contributed by atoms with E-state index in [0.717, 1.165) is 11.9 Å². The summed E-state index contributed by atoms with van der Waals surface area (Å²) in [6.45, 7) is 0.626. The minimum absolute atomic E-state index is 0.0141. The SMILES string of the molecule is O=C(Cc1ccco1)NCCc1c[nH]c2ccccc12. The predicted molar refractivity (Wildman–Crippen MR) is 77.4 cm³/mol. The number of nitrogens with one attached hydrogen (secondary N) is 2. The van der Waals surface area contributed by atoms with E-state index in [1.165, 1.54) is 10.9 Å². The van der Waals surface area contributed by atoms with Gasteiger partial charge in [-0.05, 0) is 30.2 Å². The van der Waals surface area contributed by atoms with Crippen LogP contribution in [-0.4, -0.2) is 17.4 Å². The van der Waals surface area contributed by atoms with Crippen LogP contribution in [0.1, 0.15) is 11.3 Å². The number of para-hydroxylation sites is 1. The number of H-pyrrole nitrogens is 1. The summed E-state index contributed by atoms with van der Waals surface area (Å²) in [4.78, 5) is 15.0. The summed E-state index contributed by atoms with van der Waals surface area (Å²) in [7, 11) is 0. The molecule has 2 aromatic heterocycles. The Morgan fingerprint density at radius 2 is 2.10 bits per heavy atom. The fraction of sp³-hybridized carbons (Fsp3) is 0.188. The molecule has 1 aromatic carbocycles. The maximum Gasteiger partial charge on any atom is 0.227 e. The van der Waals surface area contributed by atoms with Crippen molar-refractivity contribution in [3.63, 3.8) is 0 Å². The first-order chi connectivity index (χ1) is 9.83. The van der Waals surface area contributed by atoms with E-state index < -0.39 is 0 Å². The molecule has 3 aromatic rings. The second-order valence-electron chi connectivity index (χ2n) is 4.72. The fourth-order valence-corrected chi connectivity index (χ4v) is 2.31. The third-order valence-corrected chi connectivity index (χ3v) is 3.31. The normalized spacial score (nSPS) is 10.8. The van der Waals surface area contributed by atoms with E-state index in [0.29, 0.717) is 18.7 Å². The molecule has 0 radical (unpaired) electrons. The van der Waals surface area contributed by atoms with Crippen molar-refractivity contribution in [2.45, 2.75) is 12.8 Å². The largest absolute Gasteiger partial charge is 0.469 e. The lowest BCUT2D eigenvalue weighted by Crippen LogP contribution is -2.27. The Hall–Kier alpha value is -2.49. The third-order valence-electron chi connectivity index (χ3n) is 3.31. The Balaban J connectivity index is 1.53. The van der Waals surface area contributed by atoms with Gasteiger partial charge in [0.1, 0.15) is 5.76 Å². The van der Waals surface area contributed by atoms with E-state index in [1.807, 2.05) is 24.4 Å². The standard InChI is InChI=1S/C16H16N2O2/c19-16(10-13-4-3-9-20-13)17-8-7-12-11-18-15-6-2-1-5-14(12)15/h1-6,9,11,18H,7-8,10H2,(H,17,19). The molecule has 0 fully saturated rings. The van der Waals surface area contributed by atoms with Crippen molar-refractivity contribution in [1.82, 2.24) is 10.3 Å². The van der Waals surface area contributed by atoms with Crippen LogP contribution in [0, 0.1) is 0 Å². The van der Waals surface area contributed by atoms with Gasteiger partial charge in [-0.15, -0.1) is 0 Å². The van der Waals surface area contributed by atoms with Gasteiger partial charge in [-0.1, -0.05) is 18.2 Å². The molecule has 4 nitrogen and oxygen atoms in total. The monoisotopic (exact) mass is 268 g/mol. The van der Waals surface area contributed by atoms with Gasteiger partial charge >= 0.3 is 0 Å². The average molecular weight is 268 g/mol. The lowest BCUT2D eigenvalue weighted by Gasteiger charge is -2.03. The van der Waals surface area contributed by atoms with Crippen molar-refractivity contribution in [1.29, 1.82) is 0 Å². The van der Waals surface area contributed by atoms with Crippen molar-refractivity contribution in [3.05, 3.63) is 60.2 Å². The van der Waals surface area contributed by atoms with Crippen LogP contribution in [0.3, 0.4) is 0 Å².